The Hall–Kier alpha value is -2.64. The molecule has 4 rings (SSSR count). The summed E-state index contributed by atoms with van der Waals surface area (Å²) in [7, 11) is -3.72. The molecule has 0 saturated heterocycles. The second-order valence-corrected chi connectivity index (χ2v) is 10.1. The van der Waals surface area contributed by atoms with Crippen LogP contribution in [0.15, 0.2) is 69.8 Å². The van der Waals surface area contributed by atoms with E-state index < -0.39 is 9.84 Å². The van der Waals surface area contributed by atoms with Gasteiger partial charge in [-0.3, -0.25) is 4.79 Å². The van der Waals surface area contributed by atoms with Crippen molar-refractivity contribution in [2.45, 2.75) is 41.9 Å². The van der Waals surface area contributed by atoms with E-state index in [1.54, 1.807) is 35.7 Å². The highest BCUT2D eigenvalue weighted by Crippen LogP contribution is 2.46. The molecule has 1 aliphatic rings. The maximum absolute atomic E-state index is 13.2. The Morgan fingerprint density at radius 3 is 2.70 bits per heavy atom. The first-order valence-electron chi connectivity index (χ1n) is 9.95. The van der Waals surface area contributed by atoms with E-state index in [4.69, 9.17) is 4.74 Å². The van der Waals surface area contributed by atoms with Crippen LogP contribution in [-0.2, 0) is 14.6 Å². The molecule has 0 spiro atoms. The minimum Gasteiger partial charge on any atom is -0.494 e. The zero-order valence-corrected chi connectivity index (χ0v) is 18.3. The fraction of sp³-hybridized carbons (Fsp3) is 0.261. The summed E-state index contributed by atoms with van der Waals surface area (Å²) >= 11 is 1.37. The summed E-state index contributed by atoms with van der Waals surface area (Å²) in [6, 6.07) is 16.0. The lowest BCUT2D eigenvalue weighted by Crippen LogP contribution is -2.23. The van der Waals surface area contributed by atoms with Gasteiger partial charge in [0.25, 0.3) is 0 Å². The number of thiophene rings is 1. The number of sulfone groups is 1. The number of fused-ring (bicyclic) bond motifs is 1. The molecule has 30 heavy (non-hydrogen) atoms. The summed E-state index contributed by atoms with van der Waals surface area (Å²) in [5, 5.41) is 4.43. The summed E-state index contributed by atoms with van der Waals surface area (Å²) in [6.07, 6.45) is 2.31. The first kappa shape index (κ1) is 20.6. The molecular formula is C23H23NO4S2. The van der Waals surface area contributed by atoms with Crippen LogP contribution in [-0.4, -0.2) is 20.9 Å². The van der Waals surface area contributed by atoms with Crippen LogP contribution in [0.2, 0.25) is 0 Å². The molecule has 0 saturated carbocycles. The third kappa shape index (κ3) is 4.00. The van der Waals surface area contributed by atoms with E-state index in [0.29, 0.717) is 12.3 Å². The second-order valence-electron chi connectivity index (χ2n) is 7.24. The van der Waals surface area contributed by atoms with Crippen LogP contribution >= 0.6 is 11.3 Å². The Balaban J connectivity index is 1.71. The zero-order valence-electron chi connectivity index (χ0n) is 16.6. The summed E-state index contributed by atoms with van der Waals surface area (Å²) in [5.41, 5.74) is 1.35. The first-order valence-corrected chi connectivity index (χ1v) is 12.3. The van der Waals surface area contributed by atoms with Gasteiger partial charge >= 0.3 is 0 Å². The quantitative estimate of drug-likeness (QED) is 0.509. The molecule has 1 N–H and O–H groups in total. The first-order chi connectivity index (χ1) is 14.5. The van der Waals surface area contributed by atoms with Crippen molar-refractivity contribution < 1.29 is 17.9 Å². The van der Waals surface area contributed by atoms with Crippen molar-refractivity contribution in [2.75, 3.05) is 11.9 Å². The number of unbranched alkanes of at least 4 members (excludes halogenated alkanes) is 1. The number of carbonyl (C=O) groups is 1. The largest absolute Gasteiger partial charge is 0.494 e. The Bertz CT molecular complexity index is 1150. The molecule has 1 atom stereocenters. The molecule has 156 valence electrons. The van der Waals surface area contributed by atoms with Crippen molar-refractivity contribution in [2.24, 2.45) is 0 Å². The van der Waals surface area contributed by atoms with E-state index in [1.165, 1.54) is 11.3 Å². The van der Waals surface area contributed by atoms with E-state index in [1.807, 2.05) is 24.3 Å². The molecule has 2 heterocycles. The number of nitrogens with one attached hydrogen (secondary N) is 1. The molecule has 1 aliphatic heterocycles. The van der Waals surface area contributed by atoms with E-state index in [2.05, 4.69) is 12.2 Å². The lowest BCUT2D eigenvalue weighted by Gasteiger charge is -2.24. The second kappa shape index (κ2) is 8.62. The number of benzene rings is 2. The average Bonchev–Trinajstić information content (AvgIpc) is 3.19. The highest BCUT2D eigenvalue weighted by atomic mass is 32.2. The van der Waals surface area contributed by atoms with Crippen molar-refractivity contribution >= 4 is 32.8 Å². The maximum Gasteiger partial charge on any atom is 0.225 e. The SMILES string of the molecule is CCCCOc1cccc(C2CC(=O)Nc3c(S(=O)(=O)c4ccccc4)csc32)c1. The summed E-state index contributed by atoms with van der Waals surface area (Å²) in [4.78, 5) is 13.7. The van der Waals surface area contributed by atoms with Gasteiger partial charge < -0.3 is 10.1 Å². The standard InChI is InChI=1S/C23H23NO4S2/c1-2-3-12-28-17-9-7-8-16(13-17)19-14-21(25)24-22-20(15-29-23(19)22)30(26,27)18-10-5-4-6-11-18/h4-11,13,15,19H,2-3,12,14H2,1H3,(H,24,25). The molecule has 1 unspecified atom stereocenters. The molecule has 1 amide bonds. The van der Waals surface area contributed by atoms with Gasteiger partial charge in [-0.1, -0.05) is 43.7 Å². The molecule has 0 aliphatic carbocycles. The Morgan fingerprint density at radius 1 is 1.13 bits per heavy atom. The van der Waals surface area contributed by atoms with Crippen molar-refractivity contribution in [3.63, 3.8) is 0 Å². The van der Waals surface area contributed by atoms with Gasteiger partial charge in [-0.25, -0.2) is 8.42 Å². The molecule has 3 aromatic rings. The van der Waals surface area contributed by atoms with Gasteiger partial charge in [-0.2, -0.15) is 0 Å². The zero-order chi connectivity index (χ0) is 21.1. The van der Waals surface area contributed by atoms with Gasteiger partial charge in [0.05, 0.1) is 17.2 Å². The minimum absolute atomic E-state index is 0.155. The van der Waals surface area contributed by atoms with Crippen LogP contribution < -0.4 is 10.1 Å². The number of hydrogen-bond donors (Lipinski definition) is 1. The average molecular weight is 442 g/mol. The third-order valence-electron chi connectivity index (χ3n) is 5.13. The summed E-state index contributed by atoms with van der Waals surface area (Å²) in [5.74, 6) is 0.378. The smallest absolute Gasteiger partial charge is 0.225 e. The normalized spacial score (nSPS) is 16.0. The molecular weight excluding hydrogens is 418 g/mol. The van der Waals surface area contributed by atoms with Gasteiger partial charge in [0.2, 0.25) is 15.7 Å². The topological polar surface area (TPSA) is 72.5 Å². The van der Waals surface area contributed by atoms with Gasteiger partial charge in [0.1, 0.15) is 10.6 Å². The highest BCUT2D eigenvalue weighted by Gasteiger charge is 2.34. The molecule has 1 aromatic heterocycles. The number of carbonyl (C=O) groups excluding carboxylic acids is 1. The minimum atomic E-state index is -3.72. The number of amides is 1. The summed E-state index contributed by atoms with van der Waals surface area (Å²) < 4.78 is 32.1. The number of anilines is 1. The van der Waals surface area contributed by atoms with Crippen molar-refractivity contribution in [1.29, 1.82) is 0 Å². The summed E-state index contributed by atoms with van der Waals surface area (Å²) in [6.45, 7) is 2.76. The fourth-order valence-electron chi connectivity index (χ4n) is 3.55. The highest BCUT2D eigenvalue weighted by molar-refractivity contribution is 7.91. The van der Waals surface area contributed by atoms with Crippen LogP contribution in [0, 0.1) is 0 Å². The van der Waals surface area contributed by atoms with Crippen LogP contribution in [0.25, 0.3) is 0 Å². The lowest BCUT2D eigenvalue weighted by molar-refractivity contribution is -0.116. The van der Waals surface area contributed by atoms with E-state index in [9.17, 15) is 13.2 Å². The fourth-order valence-corrected chi connectivity index (χ4v) is 6.48. The van der Waals surface area contributed by atoms with Gasteiger partial charge in [0.15, 0.2) is 0 Å². The molecule has 5 nitrogen and oxygen atoms in total. The number of hydrogen-bond acceptors (Lipinski definition) is 5. The number of rotatable bonds is 7. The predicted octanol–water partition coefficient (Wildman–Crippen LogP) is 5.23. The molecule has 0 fully saturated rings. The van der Waals surface area contributed by atoms with Crippen LogP contribution in [0.3, 0.4) is 0 Å². The van der Waals surface area contributed by atoms with E-state index >= 15 is 0 Å². The molecule has 7 heteroatoms. The van der Waals surface area contributed by atoms with Gasteiger partial charge in [-0.15, -0.1) is 11.3 Å². The van der Waals surface area contributed by atoms with Crippen LogP contribution in [0.4, 0.5) is 5.69 Å². The monoisotopic (exact) mass is 441 g/mol. The van der Waals surface area contributed by atoms with E-state index in [0.717, 1.165) is 29.0 Å². The molecule has 0 radical (unpaired) electrons. The van der Waals surface area contributed by atoms with E-state index in [-0.39, 0.29) is 28.0 Å². The third-order valence-corrected chi connectivity index (χ3v) is 8.17. The van der Waals surface area contributed by atoms with Crippen LogP contribution in [0.5, 0.6) is 5.75 Å². The number of ether oxygens (including phenoxy) is 1. The Morgan fingerprint density at radius 2 is 1.93 bits per heavy atom. The Labute approximate surface area is 180 Å². The maximum atomic E-state index is 13.2. The Kier molecular flexibility index (Phi) is 5.92. The predicted molar refractivity (Wildman–Crippen MR) is 118 cm³/mol. The van der Waals surface area contributed by atoms with Crippen molar-refractivity contribution in [3.05, 3.63) is 70.4 Å². The lowest BCUT2D eigenvalue weighted by atomic mass is 9.90. The molecule has 0 bridgehead atoms. The van der Waals surface area contributed by atoms with Crippen LogP contribution in [0.1, 0.15) is 42.5 Å². The van der Waals surface area contributed by atoms with Gasteiger partial charge in [0, 0.05) is 22.6 Å². The van der Waals surface area contributed by atoms with Gasteiger partial charge in [-0.05, 0) is 36.2 Å². The van der Waals surface area contributed by atoms with Crippen molar-refractivity contribution in [1.82, 2.24) is 0 Å². The molecule has 2 aromatic carbocycles. The van der Waals surface area contributed by atoms with Crippen molar-refractivity contribution in [3.8, 4) is 5.75 Å².